The number of piperazine rings is 1. The first-order chi connectivity index (χ1) is 12.2. The Morgan fingerprint density at radius 3 is 2.52 bits per heavy atom. The van der Waals surface area contributed by atoms with E-state index in [1.165, 1.54) is 6.07 Å². The molecule has 0 atom stereocenters. The van der Waals surface area contributed by atoms with Crippen LogP contribution in [0.5, 0.6) is 5.75 Å². The Bertz CT molecular complexity index is 697. The molecule has 2 aromatic rings. The molecule has 0 bridgehead atoms. The van der Waals surface area contributed by atoms with Crippen molar-refractivity contribution in [3.63, 3.8) is 0 Å². The lowest BCUT2D eigenvalue weighted by Crippen LogP contribution is -2.46. The van der Waals surface area contributed by atoms with Gasteiger partial charge in [0, 0.05) is 38.2 Å². The second-order valence-electron chi connectivity index (χ2n) is 6.15. The fourth-order valence-electron chi connectivity index (χ4n) is 2.85. The highest BCUT2D eigenvalue weighted by atomic mass is 19.1. The molecule has 1 fully saturated rings. The fourth-order valence-corrected chi connectivity index (χ4v) is 2.85. The van der Waals surface area contributed by atoms with E-state index in [2.05, 4.69) is 5.32 Å². The van der Waals surface area contributed by atoms with Gasteiger partial charge >= 0.3 is 0 Å². The van der Waals surface area contributed by atoms with E-state index in [4.69, 9.17) is 4.74 Å². The lowest BCUT2D eigenvalue weighted by atomic mass is 10.1. The highest BCUT2D eigenvalue weighted by Gasteiger charge is 2.15. The average molecular weight is 342 g/mol. The largest absolute Gasteiger partial charge is 0.489 e. The number of benzene rings is 2. The van der Waals surface area contributed by atoms with Gasteiger partial charge in [-0.05, 0) is 30.2 Å². The molecule has 0 radical (unpaired) electrons. The molecule has 0 aliphatic carbocycles. The van der Waals surface area contributed by atoms with E-state index < -0.39 is 0 Å². The zero-order chi connectivity index (χ0) is 17.5. The molecule has 2 aromatic carbocycles. The van der Waals surface area contributed by atoms with Gasteiger partial charge in [0.25, 0.3) is 0 Å². The highest BCUT2D eigenvalue weighted by Crippen LogP contribution is 2.16. The zero-order valence-corrected chi connectivity index (χ0v) is 14.2. The van der Waals surface area contributed by atoms with Crippen LogP contribution < -0.4 is 10.1 Å². The lowest BCUT2D eigenvalue weighted by molar-refractivity contribution is -0.131. The van der Waals surface area contributed by atoms with Crippen LogP contribution in [0, 0.1) is 5.82 Å². The van der Waals surface area contributed by atoms with Crippen molar-refractivity contribution in [3.8, 4) is 5.75 Å². The summed E-state index contributed by atoms with van der Waals surface area (Å²) in [7, 11) is 0. The molecule has 4 nitrogen and oxygen atoms in total. The number of halogens is 1. The first-order valence-corrected chi connectivity index (χ1v) is 8.66. The van der Waals surface area contributed by atoms with Crippen molar-refractivity contribution in [1.82, 2.24) is 10.2 Å². The molecular formula is C20H23FN2O2. The molecule has 1 amide bonds. The summed E-state index contributed by atoms with van der Waals surface area (Å²) in [6.07, 6.45) is 1.24. The van der Waals surface area contributed by atoms with Gasteiger partial charge in [-0.1, -0.05) is 30.3 Å². The maximum absolute atomic E-state index is 13.6. The number of nitrogens with zero attached hydrogens (tertiary/aromatic N) is 1. The number of rotatable bonds is 6. The molecule has 132 valence electrons. The molecule has 1 aliphatic heterocycles. The monoisotopic (exact) mass is 342 g/mol. The number of amides is 1. The topological polar surface area (TPSA) is 41.6 Å². The summed E-state index contributed by atoms with van der Waals surface area (Å²) in [5.74, 6) is 0.646. The summed E-state index contributed by atoms with van der Waals surface area (Å²) in [6.45, 7) is 3.54. The maximum atomic E-state index is 13.6. The third-order valence-electron chi connectivity index (χ3n) is 4.37. The fraction of sp³-hybridized carbons (Fsp3) is 0.350. The predicted molar refractivity (Wildman–Crippen MR) is 94.9 cm³/mol. The number of ether oxygens (including phenoxy) is 1. The van der Waals surface area contributed by atoms with Crippen molar-refractivity contribution in [2.75, 3.05) is 26.2 Å². The van der Waals surface area contributed by atoms with Gasteiger partial charge in [-0.2, -0.15) is 0 Å². The quantitative estimate of drug-likeness (QED) is 0.878. The Balaban J connectivity index is 1.47. The van der Waals surface area contributed by atoms with Crippen LogP contribution >= 0.6 is 0 Å². The molecule has 1 aliphatic rings. The summed E-state index contributed by atoms with van der Waals surface area (Å²) in [5.41, 5.74) is 1.63. The SMILES string of the molecule is O=C(CCc1ccc(OCc2ccccc2F)cc1)N1CCNCC1. The normalized spacial score (nSPS) is 14.4. The van der Waals surface area contributed by atoms with E-state index in [-0.39, 0.29) is 18.3 Å². The number of carbonyl (C=O) groups is 1. The van der Waals surface area contributed by atoms with Gasteiger partial charge < -0.3 is 15.0 Å². The molecule has 1 heterocycles. The average Bonchev–Trinajstić information content (AvgIpc) is 2.67. The number of hydrogen-bond acceptors (Lipinski definition) is 3. The summed E-state index contributed by atoms with van der Waals surface area (Å²) < 4.78 is 19.2. The molecule has 5 heteroatoms. The van der Waals surface area contributed by atoms with Gasteiger partial charge in [0.2, 0.25) is 5.91 Å². The molecular weight excluding hydrogens is 319 g/mol. The van der Waals surface area contributed by atoms with Gasteiger partial charge in [-0.3, -0.25) is 4.79 Å². The number of nitrogens with one attached hydrogen (secondary N) is 1. The Morgan fingerprint density at radius 2 is 1.80 bits per heavy atom. The van der Waals surface area contributed by atoms with Crippen molar-refractivity contribution in [1.29, 1.82) is 0 Å². The van der Waals surface area contributed by atoms with Crippen molar-refractivity contribution >= 4 is 5.91 Å². The minimum Gasteiger partial charge on any atom is -0.489 e. The van der Waals surface area contributed by atoms with Gasteiger partial charge in [0.15, 0.2) is 0 Å². The van der Waals surface area contributed by atoms with Crippen molar-refractivity contribution in [3.05, 3.63) is 65.5 Å². The van der Waals surface area contributed by atoms with E-state index in [0.717, 1.165) is 38.2 Å². The third kappa shape index (κ3) is 5.03. The molecule has 0 aromatic heterocycles. The summed E-state index contributed by atoms with van der Waals surface area (Å²) >= 11 is 0. The third-order valence-corrected chi connectivity index (χ3v) is 4.37. The molecule has 1 N–H and O–H groups in total. The number of hydrogen-bond donors (Lipinski definition) is 1. The maximum Gasteiger partial charge on any atom is 0.222 e. The lowest BCUT2D eigenvalue weighted by Gasteiger charge is -2.27. The van der Waals surface area contributed by atoms with Crippen LogP contribution in [0.3, 0.4) is 0 Å². The van der Waals surface area contributed by atoms with Gasteiger partial charge in [-0.25, -0.2) is 4.39 Å². The van der Waals surface area contributed by atoms with Crippen LogP contribution in [0.4, 0.5) is 4.39 Å². The molecule has 25 heavy (non-hydrogen) atoms. The summed E-state index contributed by atoms with van der Waals surface area (Å²) in [4.78, 5) is 14.1. The molecule has 0 spiro atoms. The summed E-state index contributed by atoms with van der Waals surface area (Å²) in [6, 6.07) is 14.2. The molecule has 0 saturated carbocycles. The number of carbonyl (C=O) groups excluding carboxylic acids is 1. The van der Waals surface area contributed by atoms with Crippen LogP contribution in [0.1, 0.15) is 17.5 Å². The Morgan fingerprint density at radius 1 is 1.08 bits per heavy atom. The van der Waals surface area contributed by atoms with Crippen molar-refractivity contribution < 1.29 is 13.9 Å². The van der Waals surface area contributed by atoms with Crippen molar-refractivity contribution in [2.24, 2.45) is 0 Å². The highest BCUT2D eigenvalue weighted by molar-refractivity contribution is 5.76. The Labute approximate surface area is 147 Å². The minimum absolute atomic E-state index is 0.202. The van der Waals surface area contributed by atoms with Gasteiger partial charge in [0.05, 0.1) is 0 Å². The second-order valence-corrected chi connectivity index (χ2v) is 6.15. The van der Waals surface area contributed by atoms with Crippen LogP contribution in [0.25, 0.3) is 0 Å². The van der Waals surface area contributed by atoms with Crippen LogP contribution in [0.15, 0.2) is 48.5 Å². The smallest absolute Gasteiger partial charge is 0.222 e. The predicted octanol–water partition coefficient (Wildman–Crippen LogP) is 2.77. The minimum atomic E-state index is -0.259. The molecule has 0 unspecified atom stereocenters. The molecule has 1 saturated heterocycles. The van der Waals surface area contributed by atoms with Crippen molar-refractivity contribution in [2.45, 2.75) is 19.4 Å². The van der Waals surface area contributed by atoms with Gasteiger partial charge in [0.1, 0.15) is 18.2 Å². The second kappa shape index (κ2) is 8.62. The number of aryl methyl sites for hydroxylation is 1. The van der Waals surface area contributed by atoms with Gasteiger partial charge in [-0.15, -0.1) is 0 Å². The van der Waals surface area contributed by atoms with E-state index in [9.17, 15) is 9.18 Å². The first kappa shape index (κ1) is 17.4. The van der Waals surface area contributed by atoms with Crippen LogP contribution in [0.2, 0.25) is 0 Å². The van der Waals surface area contributed by atoms with Crippen LogP contribution in [-0.4, -0.2) is 37.0 Å². The molecule has 3 rings (SSSR count). The van der Waals surface area contributed by atoms with E-state index in [1.807, 2.05) is 29.2 Å². The Kier molecular flexibility index (Phi) is 6.01. The first-order valence-electron chi connectivity index (χ1n) is 8.66. The van der Waals surface area contributed by atoms with Crippen LogP contribution in [-0.2, 0) is 17.8 Å². The Hall–Kier alpha value is -2.40. The van der Waals surface area contributed by atoms with E-state index in [1.54, 1.807) is 18.2 Å². The van der Waals surface area contributed by atoms with E-state index >= 15 is 0 Å². The summed E-state index contributed by atoms with van der Waals surface area (Å²) in [5, 5.41) is 3.25. The standard InChI is InChI=1S/C20H23FN2O2/c21-19-4-2-1-3-17(19)15-25-18-8-5-16(6-9-18)7-10-20(24)23-13-11-22-12-14-23/h1-6,8-9,22H,7,10-15H2. The zero-order valence-electron chi connectivity index (χ0n) is 14.2. The van der Waals surface area contributed by atoms with E-state index in [0.29, 0.717) is 17.7 Å².